The largest absolute Gasteiger partial charge is 0.439 e. The third kappa shape index (κ3) is 8.23. The Kier molecular flexibility index (Phi) is 12.0. The van der Waals surface area contributed by atoms with Gasteiger partial charge in [0.1, 0.15) is 6.10 Å². The van der Waals surface area contributed by atoms with Gasteiger partial charge in [0.15, 0.2) is 6.10 Å². The molecule has 0 aromatic heterocycles. The van der Waals surface area contributed by atoms with E-state index in [1.807, 2.05) is 6.92 Å². The van der Waals surface area contributed by atoms with Gasteiger partial charge < -0.3 is 35.7 Å². The Morgan fingerprint density at radius 2 is 1.82 bits per heavy atom. The van der Waals surface area contributed by atoms with Crippen molar-refractivity contribution in [1.29, 1.82) is 0 Å². The third-order valence-electron chi connectivity index (χ3n) is 7.04. The molecule has 2 rings (SSSR count). The number of primary amides is 1. The lowest BCUT2D eigenvalue weighted by Gasteiger charge is -2.30. The highest BCUT2D eigenvalue weighted by atomic mass is 16.6. The number of hydrogen-bond acceptors (Lipinski definition) is 9. The minimum atomic E-state index is -0.997. The number of hydrogen-bond donors (Lipinski definition) is 4. The summed E-state index contributed by atoms with van der Waals surface area (Å²) in [6.07, 6.45) is 3.86. The minimum Gasteiger partial charge on any atom is -0.439 e. The fraction of sp³-hybridized carbons (Fsp3) is 0.517. The summed E-state index contributed by atoms with van der Waals surface area (Å²) in [7, 11) is 4.48. The fourth-order valence-electron chi connectivity index (χ4n) is 4.86. The van der Waals surface area contributed by atoms with Gasteiger partial charge in [-0.1, -0.05) is 38.2 Å². The summed E-state index contributed by atoms with van der Waals surface area (Å²) in [5.41, 5.74) is 6.47. The van der Waals surface area contributed by atoms with Crippen molar-refractivity contribution >= 4 is 23.6 Å². The Balaban J connectivity index is 2.60. The maximum absolute atomic E-state index is 13.4. The molecule has 2 bridgehead atoms. The minimum absolute atomic E-state index is 0.118. The fourth-order valence-corrected chi connectivity index (χ4v) is 4.86. The first-order valence-electron chi connectivity index (χ1n) is 13.1. The normalized spacial score (nSPS) is 32.7. The van der Waals surface area contributed by atoms with Gasteiger partial charge in [-0.2, -0.15) is 0 Å². The molecule has 40 heavy (non-hydrogen) atoms. The second-order valence-corrected chi connectivity index (χ2v) is 10.2. The number of nitrogens with one attached hydrogen (secondary N) is 2. The molecule has 0 saturated heterocycles. The number of likely N-dealkylation sites (N-methyl/N-ethyl adjacent to an activating group) is 1. The zero-order chi connectivity index (χ0) is 30.1. The van der Waals surface area contributed by atoms with Gasteiger partial charge in [-0.25, -0.2) is 4.79 Å². The molecule has 11 nitrogen and oxygen atoms in total. The molecule has 220 valence electrons. The van der Waals surface area contributed by atoms with E-state index in [1.165, 1.54) is 20.3 Å². The highest BCUT2D eigenvalue weighted by molar-refractivity contribution is 6.23. The van der Waals surface area contributed by atoms with Gasteiger partial charge in [0.05, 0.1) is 23.6 Å². The van der Waals surface area contributed by atoms with Crippen molar-refractivity contribution < 1.29 is 38.5 Å². The topological polar surface area (TPSA) is 166 Å². The summed E-state index contributed by atoms with van der Waals surface area (Å²) in [6, 6.07) is 0. The second kappa shape index (κ2) is 14.7. The van der Waals surface area contributed by atoms with E-state index in [0.29, 0.717) is 12.0 Å². The molecular weight excluding hydrogens is 518 g/mol. The van der Waals surface area contributed by atoms with Gasteiger partial charge >= 0.3 is 6.09 Å². The van der Waals surface area contributed by atoms with Crippen LogP contribution in [0.1, 0.15) is 40.5 Å². The van der Waals surface area contributed by atoms with E-state index in [0.717, 1.165) is 6.08 Å². The van der Waals surface area contributed by atoms with E-state index < -0.39 is 53.9 Å². The molecule has 2 aliphatic rings. The molecule has 1 heterocycles. The number of methoxy groups -OCH3 is 2. The van der Waals surface area contributed by atoms with Crippen LogP contribution in [0, 0.1) is 11.8 Å². The molecule has 0 aromatic rings. The summed E-state index contributed by atoms with van der Waals surface area (Å²) < 4.78 is 16.5. The number of ether oxygens (including phenoxy) is 3. The first kappa shape index (κ1) is 32.7. The smallest absolute Gasteiger partial charge is 0.405 e. The Hall–Kier alpha value is -3.54. The van der Waals surface area contributed by atoms with Gasteiger partial charge in [-0.05, 0) is 38.2 Å². The average molecular weight is 560 g/mol. The summed E-state index contributed by atoms with van der Waals surface area (Å²) in [4.78, 5) is 50.7. The second-order valence-electron chi connectivity index (χ2n) is 10.2. The summed E-state index contributed by atoms with van der Waals surface area (Å²) >= 11 is 0. The third-order valence-corrected chi connectivity index (χ3v) is 7.04. The van der Waals surface area contributed by atoms with Gasteiger partial charge in [-0.3, -0.25) is 14.4 Å². The van der Waals surface area contributed by atoms with Crippen LogP contribution in [-0.2, 0) is 28.6 Å². The average Bonchev–Trinajstić information content (AvgIpc) is 2.90. The number of aliphatic hydroxyl groups is 1. The number of aliphatic hydroxyl groups excluding tert-OH is 1. The Bertz CT molecular complexity index is 1150. The lowest BCUT2D eigenvalue weighted by Crippen LogP contribution is -2.37. The number of carbonyl (C=O) groups excluding carboxylic acids is 4. The van der Waals surface area contributed by atoms with Crippen LogP contribution in [-0.4, -0.2) is 74.4 Å². The number of allylic oxidation sites excluding steroid dienone is 4. The van der Waals surface area contributed by atoms with Crippen molar-refractivity contribution in [1.82, 2.24) is 10.6 Å². The maximum atomic E-state index is 13.4. The highest BCUT2D eigenvalue weighted by Gasteiger charge is 2.33. The molecule has 1 aliphatic heterocycles. The summed E-state index contributed by atoms with van der Waals surface area (Å²) in [6.45, 7) is 6.98. The lowest BCUT2D eigenvalue weighted by atomic mass is 9.85. The van der Waals surface area contributed by atoms with Gasteiger partial charge in [0.2, 0.25) is 11.6 Å². The molecule has 2 unspecified atom stereocenters. The van der Waals surface area contributed by atoms with Crippen molar-refractivity contribution in [2.24, 2.45) is 17.6 Å². The van der Waals surface area contributed by atoms with E-state index in [9.17, 15) is 24.3 Å². The highest BCUT2D eigenvalue weighted by Crippen LogP contribution is 2.28. The first-order valence-corrected chi connectivity index (χ1v) is 13.1. The van der Waals surface area contributed by atoms with Crippen molar-refractivity contribution in [3.8, 4) is 0 Å². The Morgan fingerprint density at radius 3 is 2.40 bits per heavy atom. The summed E-state index contributed by atoms with van der Waals surface area (Å²) in [5.74, 6) is -2.06. The van der Waals surface area contributed by atoms with Crippen LogP contribution in [0.15, 0.2) is 58.5 Å². The van der Waals surface area contributed by atoms with Crippen LogP contribution in [0.3, 0.4) is 0 Å². The standard InChI is InChI=1S/C29H41N3O8/c1-15-11-19-24(31-5)21(33)14-20(26(19)35)32-28(36)16(2)9-8-10-22(38-6)27(40-29(30)37)18(4)13-17(3)25(34)23(12-15)39-7/h8-10,13-15,17,22-23,25,27,31,34H,11-12H2,1-7H3,(H2,30,37)(H,32,36)/b10-8+,16-9-,18-13+/t15?,17-,22-,23?,25+,27-/m1/s1. The molecule has 2 amide bonds. The first-order chi connectivity index (χ1) is 18.8. The number of ketones is 2. The Labute approximate surface area is 235 Å². The number of rotatable bonds is 4. The van der Waals surface area contributed by atoms with Crippen LogP contribution in [0.5, 0.6) is 0 Å². The number of nitrogens with two attached hydrogens (primary N) is 1. The number of fused-ring (bicyclic) bond motifs is 2. The molecule has 11 heteroatoms. The predicted molar refractivity (Wildman–Crippen MR) is 149 cm³/mol. The van der Waals surface area contributed by atoms with Crippen molar-refractivity contribution in [2.45, 2.75) is 65.0 Å². The maximum Gasteiger partial charge on any atom is 0.405 e. The molecule has 1 aliphatic carbocycles. The van der Waals surface area contributed by atoms with E-state index in [2.05, 4.69) is 10.6 Å². The Morgan fingerprint density at radius 1 is 1.15 bits per heavy atom. The van der Waals surface area contributed by atoms with Gasteiger partial charge in [-0.15, -0.1) is 0 Å². The van der Waals surface area contributed by atoms with Crippen molar-refractivity contribution in [3.63, 3.8) is 0 Å². The van der Waals surface area contributed by atoms with Crippen molar-refractivity contribution in [3.05, 3.63) is 58.5 Å². The summed E-state index contributed by atoms with van der Waals surface area (Å²) in [5, 5.41) is 16.5. The molecule has 5 N–H and O–H groups in total. The monoisotopic (exact) mass is 559 g/mol. The quantitative estimate of drug-likeness (QED) is 0.297. The van der Waals surface area contributed by atoms with Gasteiger partial charge in [0.25, 0.3) is 5.91 Å². The van der Waals surface area contributed by atoms with Crippen LogP contribution >= 0.6 is 0 Å². The number of carbonyl (C=O) groups is 4. The van der Waals surface area contributed by atoms with Crippen LogP contribution in [0.2, 0.25) is 0 Å². The van der Waals surface area contributed by atoms with Crippen LogP contribution < -0.4 is 16.4 Å². The van der Waals surface area contributed by atoms with Gasteiger partial charge in [0, 0.05) is 44.4 Å². The molecule has 0 spiro atoms. The molecule has 0 fully saturated rings. The van der Waals surface area contributed by atoms with E-state index in [-0.39, 0.29) is 34.9 Å². The predicted octanol–water partition coefficient (Wildman–Crippen LogP) is 1.98. The zero-order valence-electron chi connectivity index (χ0n) is 24.1. The number of Topliss-reactive ketones (excluding diaryl/α,β-unsaturated/α-hetero) is 1. The molecule has 6 atom stereocenters. The lowest BCUT2D eigenvalue weighted by molar-refractivity contribution is -0.120. The van der Waals surface area contributed by atoms with Crippen LogP contribution in [0.4, 0.5) is 4.79 Å². The molecule has 0 radical (unpaired) electrons. The molecular formula is C29H41N3O8. The van der Waals surface area contributed by atoms with Crippen molar-refractivity contribution in [2.75, 3.05) is 21.3 Å². The van der Waals surface area contributed by atoms with Crippen LogP contribution in [0.25, 0.3) is 0 Å². The zero-order valence-corrected chi connectivity index (χ0v) is 24.1. The van der Waals surface area contributed by atoms with E-state index in [4.69, 9.17) is 19.9 Å². The SMILES string of the molecule is CNC1=C2CC(C)CC(OC)[C@@H](O)[C@H](C)/C=C(\C)[C@@H](OC(N)=O)[C@H](OC)/C=C/C=C(/C)C(=O)NC(=CC1=O)C2=O. The van der Waals surface area contributed by atoms with E-state index in [1.54, 1.807) is 46.0 Å². The number of amides is 2. The van der Waals surface area contributed by atoms with E-state index >= 15 is 0 Å². The molecule has 0 saturated carbocycles. The molecule has 0 aromatic carbocycles.